The van der Waals surface area contributed by atoms with Gasteiger partial charge in [-0.2, -0.15) is 0 Å². The second-order valence-electron chi connectivity index (χ2n) is 6.16. The maximum Gasteiger partial charge on any atom is 0.251 e. The molecular formula is C20H23ClN2O2. The van der Waals surface area contributed by atoms with E-state index >= 15 is 0 Å². The van der Waals surface area contributed by atoms with Gasteiger partial charge in [-0.05, 0) is 61.7 Å². The van der Waals surface area contributed by atoms with Crippen LogP contribution in [0.4, 0.5) is 5.69 Å². The molecule has 0 spiro atoms. The van der Waals surface area contributed by atoms with Crippen molar-refractivity contribution in [2.24, 2.45) is 0 Å². The number of carbonyl (C=O) groups excluding carboxylic acids is 2. The number of rotatable bonds is 5. The number of benzene rings is 2. The Bertz CT molecular complexity index is 802. The summed E-state index contributed by atoms with van der Waals surface area (Å²) in [5.41, 5.74) is 4.53. The number of hydrogen-bond acceptors (Lipinski definition) is 2. The summed E-state index contributed by atoms with van der Waals surface area (Å²) in [5.74, 6) is -0.242. The first kappa shape index (κ1) is 19.0. The van der Waals surface area contributed by atoms with E-state index in [9.17, 15) is 9.59 Å². The molecule has 132 valence electrons. The van der Waals surface area contributed by atoms with Crippen molar-refractivity contribution in [2.75, 3.05) is 18.0 Å². The molecule has 2 rings (SSSR count). The van der Waals surface area contributed by atoms with Crippen LogP contribution in [-0.2, 0) is 4.79 Å². The first-order valence-electron chi connectivity index (χ1n) is 8.19. The monoisotopic (exact) mass is 358 g/mol. The van der Waals surface area contributed by atoms with Crippen LogP contribution >= 0.6 is 11.6 Å². The second-order valence-corrected chi connectivity index (χ2v) is 6.57. The van der Waals surface area contributed by atoms with E-state index in [4.69, 9.17) is 11.6 Å². The number of hydrogen-bond donors (Lipinski definition) is 1. The number of halogens is 1. The number of nitrogens with one attached hydrogen (secondary N) is 1. The van der Waals surface area contributed by atoms with Crippen molar-refractivity contribution in [3.63, 3.8) is 0 Å². The molecule has 5 heteroatoms. The van der Waals surface area contributed by atoms with Gasteiger partial charge in [0.05, 0.1) is 0 Å². The third kappa shape index (κ3) is 4.83. The van der Waals surface area contributed by atoms with Gasteiger partial charge in [-0.25, -0.2) is 0 Å². The Morgan fingerprint density at radius 3 is 2.28 bits per heavy atom. The van der Waals surface area contributed by atoms with Gasteiger partial charge in [-0.15, -0.1) is 0 Å². The van der Waals surface area contributed by atoms with Crippen molar-refractivity contribution in [1.82, 2.24) is 5.32 Å². The van der Waals surface area contributed by atoms with Gasteiger partial charge < -0.3 is 10.2 Å². The molecule has 0 saturated heterocycles. The lowest BCUT2D eigenvalue weighted by atomic mass is 10.1. The molecule has 25 heavy (non-hydrogen) atoms. The highest BCUT2D eigenvalue weighted by atomic mass is 35.5. The molecule has 2 aromatic carbocycles. The van der Waals surface area contributed by atoms with Crippen LogP contribution in [0.3, 0.4) is 0 Å². The molecule has 0 bridgehead atoms. The fraction of sp³-hybridized carbons (Fsp3) is 0.300. The average Bonchev–Trinajstić information content (AvgIpc) is 2.56. The minimum atomic E-state index is -0.145. The minimum Gasteiger partial charge on any atom is -0.350 e. The van der Waals surface area contributed by atoms with E-state index in [0.29, 0.717) is 23.7 Å². The third-order valence-corrected chi connectivity index (χ3v) is 4.64. The van der Waals surface area contributed by atoms with Gasteiger partial charge in [0.15, 0.2) is 0 Å². The van der Waals surface area contributed by atoms with Gasteiger partial charge in [0.1, 0.15) is 0 Å². The predicted octanol–water partition coefficient (Wildman–Crippen LogP) is 4.05. The summed E-state index contributed by atoms with van der Waals surface area (Å²) >= 11 is 6.15. The molecule has 0 saturated carbocycles. The lowest BCUT2D eigenvalue weighted by molar-refractivity contribution is -0.116. The summed E-state index contributed by atoms with van der Waals surface area (Å²) in [6.45, 7) is 8.13. The molecule has 0 unspecified atom stereocenters. The van der Waals surface area contributed by atoms with E-state index in [1.807, 2.05) is 45.0 Å². The lowest BCUT2D eigenvalue weighted by Gasteiger charge is -2.22. The van der Waals surface area contributed by atoms with Crippen molar-refractivity contribution in [3.05, 3.63) is 63.7 Å². The molecule has 0 aliphatic carbocycles. The number of anilines is 1. The quantitative estimate of drug-likeness (QED) is 0.876. The highest BCUT2D eigenvalue weighted by Crippen LogP contribution is 2.23. The Morgan fingerprint density at radius 1 is 1.00 bits per heavy atom. The Morgan fingerprint density at radius 2 is 1.68 bits per heavy atom. The van der Waals surface area contributed by atoms with Gasteiger partial charge in [0.25, 0.3) is 5.91 Å². The third-order valence-electron chi connectivity index (χ3n) is 4.24. The van der Waals surface area contributed by atoms with Crippen LogP contribution in [0, 0.1) is 20.8 Å². The molecule has 0 atom stereocenters. The number of nitrogens with zero attached hydrogens (tertiary/aromatic N) is 1. The smallest absolute Gasteiger partial charge is 0.251 e. The zero-order valence-electron chi connectivity index (χ0n) is 15.0. The van der Waals surface area contributed by atoms with Crippen LogP contribution in [0.25, 0.3) is 0 Å². The topological polar surface area (TPSA) is 49.4 Å². The molecule has 0 aromatic heterocycles. The Labute approximate surface area is 153 Å². The number of carbonyl (C=O) groups is 2. The van der Waals surface area contributed by atoms with Crippen molar-refractivity contribution in [1.29, 1.82) is 0 Å². The fourth-order valence-corrected chi connectivity index (χ4v) is 2.66. The molecule has 0 aliphatic rings. The standard InChI is InChI=1S/C20H23ClN2O2/c1-13-5-7-17(11-15(13)3)20(25)22-9-10-23(16(4)24)18-8-6-14(2)19(21)12-18/h5-8,11-12H,9-10H2,1-4H3,(H,22,25). The Hall–Kier alpha value is -2.33. The van der Waals surface area contributed by atoms with Crippen LogP contribution in [-0.4, -0.2) is 24.9 Å². The molecule has 0 fully saturated rings. The summed E-state index contributed by atoms with van der Waals surface area (Å²) in [6, 6.07) is 11.1. The fourth-order valence-electron chi connectivity index (χ4n) is 2.48. The lowest BCUT2D eigenvalue weighted by Crippen LogP contribution is -2.37. The van der Waals surface area contributed by atoms with E-state index in [2.05, 4.69) is 5.32 Å². The van der Waals surface area contributed by atoms with Crippen molar-refractivity contribution < 1.29 is 9.59 Å². The van der Waals surface area contributed by atoms with Gasteiger partial charge in [-0.3, -0.25) is 9.59 Å². The second kappa shape index (κ2) is 8.17. The summed E-state index contributed by atoms with van der Waals surface area (Å²) < 4.78 is 0. The van der Waals surface area contributed by atoms with E-state index in [1.54, 1.807) is 17.0 Å². The maximum atomic E-state index is 12.3. The van der Waals surface area contributed by atoms with Gasteiger partial charge >= 0.3 is 0 Å². The van der Waals surface area contributed by atoms with Gasteiger partial charge in [0, 0.05) is 36.3 Å². The first-order chi connectivity index (χ1) is 11.8. The first-order valence-corrected chi connectivity index (χ1v) is 8.57. The molecule has 2 aromatic rings. The molecule has 4 nitrogen and oxygen atoms in total. The van der Waals surface area contributed by atoms with Crippen molar-refractivity contribution >= 4 is 29.1 Å². The number of aryl methyl sites for hydroxylation is 3. The predicted molar refractivity (Wildman–Crippen MR) is 102 cm³/mol. The van der Waals surface area contributed by atoms with Crippen molar-refractivity contribution in [2.45, 2.75) is 27.7 Å². The van der Waals surface area contributed by atoms with Gasteiger partial charge in [0.2, 0.25) is 5.91 Å². The molecule has 2 amide bonds. The highest BCUT2D eigenvalue weighted by molar-refractivity contribution is 6.31. The Balaban J connectivity index is 2.01. The molecular weight excluding hydrogens is 336 g/mol. The van der Waals surface area contributed by atoms with Crippen LogP contribution in [0.15, 0.2) is 36.4 Å². The minimum absolute atomic E-state index is 0.0969. The normalized spacial score (nSPS) is 10.4. The van der Waals surface area contributed by atoms with E-state index in [1.165, 1.54) is 6.92 Å². The summed E-state index contributed by atoms with van der Waals surface area (Å²) in [7, 11) is 0. The van der Waals surface area contributed by atoms with E-state index in [-0.39, 0.29) is 11.8 Å². The highest BCUT2D eigenvalue weighted by Gasteiger charge is 2.13. The van der Waals surface area contributed by atoms with Gasteiger partial charge in [-0.1, -0.05) is 23.7 Å². The summed E-state index contributed by atoms with van der Waals surface area (Å²) in [6.07, 6.45) is 0. The molecule has 0 aliphatic heterocycles. The maximum absolute atomic E-state index is 12.3. The molecule has 0 radical (unpaired) electrons. The summed E-state index contributed by atoms with van der Waals surface area (Å²) in [5, 5.41) is 3.47. The van der Waals surface area contributed by atoms with Crippen LogP contribution in [0.5, 0.6) is 0 Å². The Kier molecular flexibility index (Phi) is 6.21. The SMILES string of the molecule is CC(=O)N(CCNC(=O)c1ccc(C)c(C)c1)c1ccc(C)c(Cl)c1. The van der Waals surface area contributed by atoms with Crippen LogP contribution < -0.4 is 10.2 Å². The zero-order chi connectivity index (χ0) is 18.6. The van der Waals surface area contributed by atoms with Crippen molar-refractivity contribution in [3.8, 4) is 0 Å². The molecule has 1 N–H and O–H groups in total. The van der Waals surface area contributed by atoms with E-state index < -0.39 is 0 Å². The largest absolute Gasteiger partial charge is 0.350 e. The average molecular weight is 359 g/mol. The van der Waals surface area contributed by atoms with Crippen LogP contribution in [0.2, 0.25) is 5.02 Å². The zero-order valence-corrected chi connectivity index (χ0v) is 15.8. The van der Waals surface area contributed by atoms with Crippen LogP contribution in [0.1, 0.15) is 34.0 Å². The number of amides is 2. The molecule has 0 heterocycles. The summed E-state index contributed by atoms with van der Waals surface area (Å²) in [4.78, 5) is 25.8. The van der Waals surface area contributed by atoms with E-state index in [0.717, 1.165) is 22.4 Å².